The van der Waals surface area contributed by atoms with Crippen molar-refractivity contribution >= 4 is 23.2 Å². The van der Waals surface area contributed by atoms with Crippen molar-refractivity contribution in [2.45, 2.75) is 13.8 Å². The summed E-state index contributed by atoms with van der Waals surface area (Å²) < 4.78 is 0. The lowest BCUT2D eigenvalue weighted by Crippen LogP contribution is -2.49. The molecule has 1 aromatic carbocycles. The van der Waals surface area contributed by atoms with E-state index in [1.807, 2.05) is 4.90 Å². The van der Waals surface area contributed by atoms with Crippen LogP contribution in [-0.2, 0) is 0 Å². The van der Waals surface area contributed by atoms with Gasteiger partial charge in [0.05, 0.1) is 11.3 Å². The molecule has 6 heteroatoms. The Kier molecular flexibility index (Phi) is 5.45. The Morgan fingerprint density at radius 1 is 1.33 bits per heavy atom. The Bertz CT molecular complexity index is 498. The first kappa shape index (κ1) is 16.1. The Morgan fingerprint density at radius 3 is 2.57 bits per heavy atom. The molecule has 1 amide bonds. The average molecular weight is 311 g/mol. The number of halogens is 1. The van der Waals surface area contributed by atoms with Gasteiger partial charge in [0.15, 0.2) is 0 Å². The van der Waals surface area contributed by atoms with Gasteiger partial charge in [0.1, 0.15) is 0 Å². The molecule has 1 aliphatic heterocycles. The molecular weight excluding hydrogens is 288 g/mol. The molecule has 0 unspecified atom stereocenters. The third-order valence-corrected chi connectivity index (χ3v) is 3.89. The van der Waals surface area contributed by atoms with Gasteiger partial charge in [-0.25, -0.2) is 0 Å². The maximum Gasteiger partial charge on any atom is 0.256 e. The number of benzene rings is 1. The maximum atomic E-state index is 12.6. The van der Waals surface area contributed by atoms with Crippen LogP contribution in [0.1, 0.15) is 24.2 Å². The summed E-state index contributed by atoms with van der Waals surface area (Å²) in [5.41, 5.74) is 3.70. The highest BCUT2D eigenvalue weighted by atomic mass is 35.5. The van der Waals surface area contributed by atoms with E-state index in [1.165, 1.54) is 0 Å². The summed E-state index contributed by atoms with van der Waals surface area (Å²) in [5.74, 6) is 6.10. The van der Waals surface area contributed by atoms with Crippen LogP contribution in [0.15, 0.2) is 18.2 Å². The van der Waals surface area contributed by atoms with Gasteiger partial charge in [-0.2, -0.15) is 0 Å². The van der Waals surface area contributed by atoms with Crippen LogP contribution in [0.25, 0.3) is 0 Å². The zero-order valence-electron chi connectivity index (χ0n) is 12.6. The smallest absolute Gasteiger partial charge is 0.256 e. The van der Waals surface area contributed by atoms with Crippen molar-refractivity contribution in [1.82, 2.24) is 9.80 Å². The lowest BCUT2D eigenvalue weighted by Gasteiger charge is -2.35. The first-order chi connectivity index (χ1) is 10.0. The van der Waals surface area contributed by atoms with Crippen LogP contribution in [0, 0.1) is 5.92 Å². The van der Waals surface area contributed by atoms with Gasteiger partial charge < -0.3 is 10.3 Å². The molecule has 1 saturated heterocycles. The fraction of sp³-hybridized carbons (Fsp3) is 0.533. The zero-order valence-corrected chi connectivity index (χ0v) is 13.4. The zero-order chi connectivity index (χ0) is 15.4. The summed E-state index contributed by atoms with van der Waals surface area (Å²) in [6, 6.07) is 5.11. The number of carbonyl (C=O) groups excluding carboxylic acids is 1. The molecule has 0 saturated carbocycles. The van der Waals surface area contributed by atoms with Crippen molar-refractivity contribution in [2.75, 3.05) is 38.1 Å². The highest BCUT2D eigenvalue weighted by Gasteiger charge is 2.24. The molecule has 2 rings (SSSR count). The number of rotatable bonds is 4. The van der Waals surface area contributed by atoms with Gasteiger partial charge in [-0.05, 0) is 24.1 Å². The summed E-state index contributed by atoms with van der Waals surface area (Å²) in [5, 5.41) is 0.538. The maximum absolute atomic E-state index is 12.6. The largest absolute Gasteiger partial charge is 0.336 e. The number of nitrogens with two attached hydrogens (primary N) is 1. The molecule has 1 heterocycles. The van der Waals surface area contributed by atoms with E-state index in [0.29, 0.717) is 22.2 Å². The van der Waals surface area contributed by atoms with Crippen LogP contribution in [-0.4, -0.2) is 48.4 Å². The minimum atomic E-state index is -0.0188. The Balaban J connectivity index is 2.03. The lowest BCUT2D eigenvalue weighted by atomic mass is 10.1. The van der Waals surface area contributed by atoms with Crippen molar-refractivity contribution in [3.8, 4) is 0 Å². The van der Waals surface area contributed by atoms with Crippen molar-refractivity contribution in [3.05, 3.63) is 28.8 Å². The second-order valence-electron chi connectivity index (χ2n) is 5.82. The molecule has 5 nitrogen and oxygen atoms in total. The monoisotopic (exact) mass is 310 g/mol. The molecule has 0 aliphatic carbocycles. The van der Waals surface area contributed by atoms with Crippen molar-refractivity contribution < 1.29 is 4.79 Å². The highest BCUT2D eigenvalue weighted by molar-refractivity contribution is 6.31. The summed E-state index contributed by atoms with van der Waals surface area (Å²) in [6.45, 7) is 8.80. The molecule has 1 aliphatic rings. The molecule has 0 atom stereocenters. The quantitative estimate of drug-likeness (QED) is 0.660. The van der Waals surface area contributed by atoms with E-state index in [0.717, 1.165) is 32.7 Å². The number of carbonyl (C=O) groups is 1. The number of nitrogens with one attached hydrogen (secondary N) is 1. The van der Waals surface area contributed by atoms with E-state index in [4.69, 9.17) is 17.4 Å². The number of anilines is 1. The summed E-state index contributed by atoms with van der Waals surface area (Å²) in [7, 11) is 0. The van der Waals surface area contributed by atoms with Gasteiger partial charge in [-0.15, -0.1) is 0 Å². The van der Waals surface area contributed by atoms with Crippen LogP contribution in [0.5, 0.6) is 0 Å². The van der Waals surface area contributed by atoms with E-state index in [9.17, 15) is 4.79 Å². The molecule has 1 aromatic rings. The lowest BCUT2D eigenvalue weighted by molar-refractivity contribution is 0.0624. The number of hydrogen-bond acceptors (Lipinski definition) is 4. The summed E-state index contributed by atoms with van der Waals surface area (Å²) >= 11 is 5.99. The van der Waals surface area contributed by atoms with Gasteiger partial charge in [-0.1, -0.05) is 25.4 Å². The van der Waals surface area contributed by atoms with Crippen LogP contribution >= 0.6 is 11.6 Å². The number of hydrazine groups is 1. The first-order valence-electron chi connectivity index (χ1n) is 7.29. The molecular formula is C15H23ClN4O. The van der Waals surface area contributed by atoms with Crippen LogP contribution in [0.3, 0.4) is 0 Å². The number of hydrogen-bond donors (Lipinski definition) is 2. The molecule has 0 spiro atoms. The SMILES string of the molecule is CC(C)CN1CCN(C(=O)c2cc(Cl)ccc2NN)CC1. The normalized spacial score (nSPS) is 16.3. The fourth-order valence-electron chi connectivity index (χ4n) is 2.64. The minimum Gasteiger partial charge on any atom is -0.336 e. The highest BCUT2D eigenvalue weighted by Crippen LogP contribution is 2.22. The molecule has 1 fully saturated rings. The number of nitrogen functional groups attached to an aromatic ring is 1. The summed E-state index contributed by atoms with van der Waals surface area (Å²) in [6.07, 6.45) is 0. The fourth-order valence-corrected chi connectivity index (χ4v) is 2.81. The molecule has 0 radical (unpaired) electrons. The number of piperazine rings is 1. The van der Waals surface area contributed by atoms with E-state index in [-0.39, 0.29) is 5.91 Å². The second kappa shape index (κ2) is 7.11. The van der Waals surface area contributed by atoms with Crippen LogP contribution < -0.4 is 11.3 Å². The molecule has 116 valence electrons. The van der Waals surface area contributed by atoms with Crippen LogP contribution in [0.2, 0.25) is 5.02 Å². The third-order valence-electron chi connectivity index (χ3n) is 3.65. The first-order valence-corrected chi connectivity index (χ1v) is 7.67. The third kappa shape index (κ3) is 4.09. The second-order valence-corrected chi connectivity index (χ2v) is 6.26. The van der Waals surface area contributed by atoms with Gasteiger partial charge in [0.25, 0.3) is 5.91 Å². The predicted molar refractivity (Wildman–Crippen MR) is 86.4 cm³/mol. The van der Waals surface area contributed by atoms with Gasteiger partial charge in [0, 0.05) is 37.7 Å². The number of nitrogens with zero attached hydrogens (tertiary/aromatic N) is 2. The predicted octanol–water partition coefficient (Wildman–Crippen LogP) is 2.04. The van der Waals surface area contributed by atoms with Crippen molar-refractivity contribution in [2.24, 2.45) is 11.8 Å². The Morgan fingerprint density at radius 2 is 2.00 bits per heavy atom. The van der Waals surface area contributed by atoms with Crippen molar-refractivity contribution in [1.29, 1.82) is 0 Å². The average Bonchev–Trinajstić information content (AvgIpc) is 2.46. The van der Waals surface area contributed by atoms with Crippen molar-refractivity contribution in [3.63, 3.8) is 0 Å². The van der Waals surface area contributed by atoms with Gasteiger partial charge in [-0.3, -0.25) is 15.5 Å². The number of amides is 1. The van der Waals surface area contributed by atoms with E-state index in [1.54, 1.807) is 18.2 Å². The molecule has 0 aromatic heterocycles. The van der Waals surface area contributed by atoms with Gasteiger partial charge >= 0.3 is 0 Å². The summed E-state index contributed by atoms with van der Waals surface area (Å²) in [4.78, 5) is 16.9. The minimum absolute atomic E-state index is 0.0188. The topological polar surface area (TPSA) is 61.6 Å². The molecule has 21 heavy (non-hydrogen) atoms. The van der Waals surface area contributed by atoms with E-state index >= 15 is 0 Å². The van der Waals surface area contributed by atoms with E-state index < -0.39 is 0 Å². The Labute approximate surface area is 131 Å². The molecule has 3 N–H and O–H groups in total. The van der Waals surface area contributed by atoms with E-state index in [2.05, 4.69) is 24.2 Å². The van der Waals surface area contributed by atoms with Gasteiger partial charge in [0.2, 0.25) is 0 Å². The molecule has 0 bridgehead atoms. The Hall–Kier alpha value is -1.30. The standard InChI is InChI=1S/C15H23ClN4O/c1-11(2)10-19-5-7-20(8-6-19)15(21)13-9-12(16)3-4-14(13)18-17/h3-4,9,11,18H,5-8,10,17H2,1-2H3. The van der Waals surface area contributed by atoms with Crippen LogP contribution in [0.4, 0.5) is 5.69 Å².